The number of hydrogen-bond donors (Lipinski definition) is 0. The van der Waals surface area contributed by atoms with Crippen LogP contribution in [0, 0.1) is 5.41 Å². The Morgan fingerprint density at radius 1 is 0.720 bits per heavy atom. The summed E-state index contributed by atoms with van der Waals surface area (Å²) in [6, 6.07) is 17.7. The molecule has 0 spiro atoms. The summed E-state index contributed by atoms with van der Waals surface area (Å²) in [6.07, 6.45) is -0.863. The van der Waals surface area contributed by atoms with E-state index in [4.69, 9.17) is 9.47 Å². The number of esters is 2. The van der Waals surface area contributed by atoms with Crippen LogP contribution in [0.2, 0.25) is 0 Å². The fourth-order valence-corrected chi connectivity index (χ4v) is 2.24. The summed E-state index contributed by atoms with van der Waals surface area (Å²) in [4.78, 5) is 24.5. The normalized spacial score (nSPS) is 13.6. The van der Waals surface area contributed by atoms with Crippen molar-refractivity contribution < 1.29 is 19.1 Å². The number of benzene rings is 2. The van der Waals surface area contributed by atoms with Gasteiger partial charge >= 0.3 is 11.9 Å². The lowest BCUT2D eigenvalue weighted by Gasteiger charge is -2.36. The number of rotatable bonds is 6. The highest BCUT2D eigenvalue weighted by molar-refractivity contribution is 5.90. The average molecular weight is 340 g/mol. The predicted molar refractivity (Wildman–Crippen MR) is 96.4 cm³/mol. The lowest BCUT2D eigenvalue weighted by Crippen LogP contribution is -2.42. The van der Waals surface area contributed by atoms with Crippen LogP contribution in [0.25, 0.3) is 0 Å². The molecule has 0 amide bonds. The Balaban J connectivity index is 2.01. The maximum atomic E-state index is 12.2. The van der Waals surface area contributed by atoms with Crippen molar-refractivity contribution >= 4 is 11.9 Å². The molecule has 2 aromatic carbocycles. The van der Waals surface area contributed by atoms with E-state index in [9.17, 15) is 9.59 Å². The first-order valence-corrected chi connectivity index (χ1v) is 8.34. The Kier molecular flexibility index (Phi) is 5.97. The van der Waals surface area contributed by atoms with Crippen molar-refractivity contribution in [3.8, 4) is 0 Å². The highest BCUT2D eigenvalue weighted by Gasteiger charge is 2.37. The van der Waals surface area contributed by atoms with Gasteiger partial charge in [-0.1, -0.05) is 50.2 Å². The smallest absolute Gasteiger partial charge is 0.338 e. The molecule has 0 aliphatic carbocycles. The van der Waals surface area contributed by atoms with Crippen LogP contribution in [0.1, 0.15) is 48.4 Å². The van der Waals surface area contributed by atoms with Gasteiger partial charge in [-0.2, -0.15) is 0 Å². The van der Waals surface area contributed by atoms with Gasteiger partial charge in [0.05, 0.1) is 11.1 Å². The Morgan fingerprint density at radius 3 is 1.36 bits per heavy atom. The molecule has 4 nitrogen and oxygen atoms in total. The van der Waals surface area contributed by atoms with E-state index in [-0.39, 0.29) is 11.9 Å². The van der Waals surface area contributed by atoms with Gasteiger partial charge in [0.1, 0.15) is 12.2 Å². The average Bonchev–Trinajstić information content (AvgIpc) is 2.62. The Labute approximate surface area is 148 Å². The molecule has 0 N–H and O–H groups in total. The molecular weight excluding hydrogens is 316 g/mol. The van der Waals surface area contributed by atoms with Crippen LogP contribution >= 0.6 is 0 Å². The topological polar surface area (TPSA) is 52.6 Å². The number of carbonyl (C=O) groups excluding carboxylic acids is 2. The van der Waals surface area contributed by atoms with Gasteiger partial charge in [0, 0.05) is 5.41 Å². The fraction of sp³-hybridized carbons (Fsp3) is 0.333. The molecular formula is C21H24O4. The third-order valence-corrected chi connectivity index (χ3v) is 4.68. The maximum absolute atomic E-state index is 12.2. The zero-order valence-corrected chi connectivity index (χ0v) is 15.1. The van der Waals surface area contributed by atoms with Crippen molar-refractivity contribution in [1.82, 2.24) is 0 Å². The number of hydrogen-bond acceptors (Lipinski definition) is 4. The Hall–Kier alpha value is -2.62. The van der Waals surface area contributed by atoms with Crippen molar-refractivity contribution in [2.75, 3.05) is 0 Å². The Bertz CT molecular complexity index is 646. The summed E-state index contributed by atoms with van der Waals surface area (Å²) in [5.41, 5.74) is 0.452. The minimum absolute atomic E-state index is 0.386. The third-order valence-electron chi connectivity index (χ3n) is 4.68. The first-order valence-electron chi connectivity index (χ1n) is 8.34. The minimum atomic E-state index is -0.547. The minimum Gasteiger partial charge on any atom is -0.458 e. The summed E-state index contributed by atoms with van der Waals surface area (Å²) in [6.45, 7) is 7.46. The van der Waals surface area contributed by atoms with Crippen molar-refractivity contribution in [2.45, 2.75) is 39.9 Å². The van der Waals surface area contributed by atoms with E-state index >= 15 is 0 Å². The molecule has 2 rings (SSSR count). The van der Waals surface area contributed by atoms with Crippen molar-refractivity contribution in [2.24, 2.45) is 5.41 Å². The zero-order valence-electron chi connectivity index (χ0n) is 15.1. The van der Waals surface area contributed by atoms with Crippen molar-refractivity contribution in [1.29, 1.82) is 0 Å². The maximum Gasteiger partial charge on any atom is 0.338 e. The molecule has 0 heterocycles. The molecule has 2 atom stereocenters. The van der Waals surface area contributed by atoms with Gasteiger partial charge < -0.3 is 9.47 Å². The summed E-state index contributed by atoms with van der Waals surface area (Å²) < 4.78 is 11.2. The third kappa shape index (κ3) is 4.69. The lowest BCUT2D eigenvalue weighted by atomic mass is 9.82. The van der Waals surface area contributed by atoms with Crippen molar-refractivity contribution in [3.63, 3.8) is 0 Å². The second-order valence-corrected chi connectivity index (χ2v) is 6.65. The van der Waals surface area contributed by atoms with E-state index in [1.165, 1.54) is 0 Å². The predicted octanol–water partition coefficient (Wildman–Crippen LogP) is 4.50. The van der Waals surface area contributed by atoms with Gasteiger partial charge in [0.15, 0.2) is 0 Å². The first kappa shape index (κ1) is 18.7. The molecule has 2 unspecified atom stereocenters. The molecule has 0 aliphatic heterocycles. The quantitative estimate of drug-likeness (QED) is 0.726. The second-order valence-electron chi connectivity index (χ2n) is 6.65. The summed E-state index contributed by atoms with van der Waals surface area (Å²) in [5.74, 6) is -0.773. The van der Waals surface area contributed by atoms with Gasteiger partial charge in [0.2, 0.25) is 0 Å². The van der Waals surface area contributed by atoms with E-state index in [2.05, 4.69) is 0 Å². The molecule has 25 heavy (non-hydrogen) atoms. The van der Waals surface area contributed by atoms with Gasteiger partial charge in [0.25, 0.3) is 0 Å². The Morgan fingerprint density at radius 2 is 1.04 bits per heavy atom. The molecule has 0 fully saturated rings. The van der Waals surface area contributed by atoms with Crippen LogP contribution < -0.4 is 0 Å². The monoisotopic (exact) mass is 340 g/mol. The number of ether oxygens (including phenoxy) is 2. The highest BCUT2D eigenvalue weighted by Crippen LogP contribution is 2.31. The van der Waals surface area contributed by atoms with Gasteiger partial charge in [-0.05, 0) is 38.1 Å². The molecule has 0 saturated heterocycles. The largest absolute Gasteiger partial charge is 0.458 e. The number of carbonyl (C=O) groups is 2. The van der Waals surface area contributed by atoms with E-state index in [0.29, 0.717) is 11.1 Å². The molecule has 0 radical (unpaired) electrons. The van der Waals surface area contributed by atoms with Crippen LogP contribution in [0.4, 0.5) is 0 Å². The van der Waals surface area contributed by atoms with Crippen LogP contribution in [0.15, 0.2) is 60.7 Å². The van der Waals surface area contributed by atoms with E-state index in [0.717, 1.165) is 0 Å². The molecule has 0 bridgehead atoms. The summed E-state index contributed by atoms with van der Waals surface area (Å²) >= 11 is 0. The molecule has 0 saturated carbocycles. The van der Waals surface area contributed by atoms with Gasteiger partial charge in [-0.3, -0.25) is 0 Å². The molecule has 4 heteroatoms. The van der Waals surface area contributed by atoms with Gasteiger partial charge in [-0.15, -0.1) is 0 Å². The zero-order chi connectivity index (χ0) is 18.4. The molecule has 2 aromatic rings. The second kappa shape index (κ2) is 7.97. The van der Waals surface area contributed by atoms with E-state index in [1.54, 1.807) is 48.5 Å². The SMILES string of the molecule is CC(OC(=O)c1ccccc1)C(C)(C)C(C)OC(=O)c1ccccc1. The fourth-order valence-electron chi connectivity index (χ4n) is 2.24. The molecule has 0 aromatic heterocycles. The summed E-state index contributed by atoms with van der Waals surface area (Å²) in [7, 11) is 0. The molecule has 0 aliphatic rings. The van der Waals surface area contributed by atoms with Crippen LogP contribution in [-0.4, -0.2) is 24.1 Å². The van der Waals surface area contributed by atoms with Crippen LogP contribution in [0.5, 0.6) is 0 Å². The van der Waals surface area contributed by atoms with E-state index in [1.807, 2.05) is 39.8 Å². The summed E-state index contributed by atoms with van der Waals surface area (Å²) in [5, 5.41) is 0. The van der Waals surface area contributed by atoms with Crippen molar-refractivity contribution in [3.05, 3.63) is 71.8 Å². The van der Waals surface area contributed by atoms with E-state index < -0.39 is 17.6 Å². The van der Waals surface area contributed by atoms with Crippen LogP contribution in [-0.2, 0) is 9.47 Å². The molecule has 132 valence electrons. The lowest BCUT2D eigenvalue weighted by molar-refractivity contribution is -0.0591. The highest BCUT2D eigenvalue weighted by atomic mass is 16.6. The van der Waals surface area contributed by atoms with Crippen LogP contribution in [0.3, 0.4) is 0 Å². The van der Waals surface area contributed by atoms with Gasteiger partial charge in [-0.25, -0.2) is 9.59 Å². The standard InChI is InChI=1S/C21H24O4/c1-15(24-19(22)17-11-7-5-8-12-17)21(3,4)16(2)25-20(23)18-13-9-6-10-14-18/h5-16H,1-4H3. The first-order chi connectivity index (χ1) is 11.8.